The molecular formula is C19H25N3O4S. The van der Waals surface area contributed by atoms with E-state index in [1.807, 2.05) is 26.8 Å². The van der Waals surface area contributed by atoms with E-state index in [0.29, 0.717) is 19.4 Å². The summed E-state index contributed by atoms with van der Waals surface area (Å²) in [6.45, 7) is 7.64. The number of hydrogen-bond donors (Lipinski definition) is 1. The summed E-state index contributed by atoms with van der Waals surface area (Å²) in [7, 11) is -4.13. The second-order valence-electron chi connectivity index (χ2n) is 7.69. The molecule has 0 aromatic heterocycles. The largest absolute Gasteiger partial charge is 0.328 e. The zero-order valence-electron chi connectivity index (χ0n) is 16.1. The van der Waals surface area contributed by atoms with Crippen molar-refractivity contribution >= 4 is 21.8 Å². The van der Waals surface area contributed by atoms with Gasteiger partial charge in [0, 0.05) is 12.0 Å². The highest BCUT2D eigenvalue weighted by Crippen LogP contribution is 2.37. The van der Waals surface area contributed by atoms with Crippen LogP contribution in [-0.2, 0) is 19.6 Å². The molecule has 2 amide bonds. The third-order valence-corrected chi connectivity index (χ3v) is 6.44. The van der Waals surface area contributed by atoms with E-state index in [1.54, 1.807) is 6.92 Å². The molecule has 1 atom stereocenters. The van der Waals surface area contributed by atoms with Crippen LogP contribution in [0.2, 0.25) is 0 Å². The number of carbonyl (C=O) groups excluding carboxylic acids is 2. The number of nitrogens with zero attached hydrogens (tertiary/aromatic N) is 2. The van der Waals surface area contributed by atoms with Crippen LogP contribution in [-0.4, -0.2) is 37.2 Å². The van der Waals surface area contributed by atoms with Gasteiger partial charge in [0.25, 0.3) is 15.9 Å². The van der Waals surface area contributed by atoms with Crippen molar-refractivity contribution in [1.29, 1.82) is 5.26 Å². The van der Waals surface area contributed by atoms with E-state index in [-0.39, 0.29) is 16.4 Å². The fourth-order valence-corrected chi connectivity index (χ4v) is 4.36. The molecule has 1 fully saturated rings. The molecule has 0 radical (unpaired) electrons. The molecule has 27 heavy (non-hydrogen) atoms. The third kappa shape index (κ3) is 3.98. The second kappa shape index (κ2) is 7.31. The average molecular weight is 391 g/mol. The first-order chi connectivity index (χ1) is 12.5. The molecule has 1 N–H and O–H groups in total. The van der Waals surface area contributed by atoms with Crippen molar-refractivity contribution in [1.82, 2.24) is 9.62 Å². The lowest BCUT2D eigenvalue weighted by molar-refractivity contribution is -0.163. The Hall–Kier alpha value is -2.40. The molecule has 1 aromatic carbocycles. The molecule has 0 spiro atoms. The minimum absolute atomic E-state index is 0.155. The quantitative estimate of drug-likeness (QED) is 0.800. The van der Waals surface area contributed by atoms with Crippen molar-refractivity contribution in [3.05, 3.63) is 29.8 Å². The summed E-state index contributed by atoms with van der Waals surface area (Å²) in [6, 6.07) is 7.29. The summed E-state index contributed by atoms with van der Waals surface area (Å²) in [5, 5.41) is 8.93. The molecule has 2 rings (SSSR count). The van der Waals surface area contributed by atoms with Gasteiger partial charge >= 0.3 is 0 Å². The minimum Gasteiger partial charge on any atom is -0.328 e. The van der Waals surface area contributed by atoms with Gasteiger partial charge in [0.2, 0.25) is 5.91 Å². The van der Waals surface area contributed by atoms with Crippen molar-refractivity contribution in [3.63, 3.8) is 0 Å². The molecule has 1 saturated heterocycles. The second-order valence-corrected chi connectivity index (χ2v) is 9.37. The number of carbonyl (C=O) groups is 2. The molecule has 0 saturated carbocycles. The molecule has 146 valence electrons. The Morgan fingerprint density at radius 3 is 2.56 bits per heavy atom. The molecule has 1 heterocycles. The Morgan fingerprint density at radius 2 is 2.04 bits per heavy atom. The van der Waals surface area contributed by atoms with Crippen molar-refractivity contribution in [3.8, 4) is 6.07 Å². The van der Waals surface area contributed by atoms with Crippen LogP contribution < -0.4 is 4.72 Å². The summed E-state index contributed by atoms with van der Waals surface area (Å²) in [6.07, 6.45) is 1.90. The number of benzene rings is 1. The lowest BCUT2D eigenvalue weighted by Gasteiger charge is -2.51. The first-order valence-electron chi connectivity index (χ1n) is 8.87. The first kappa shape index (κ1) is 20.9. The molecule has 1 aromatic rings. The molecule has 1 aliphatic heterocycles. The number of rotatable bonds is 6. The Bertz CT molecular complexity index is 902. The molecule has 7 nitrogen and oxygen atoms in total. The Balaban J connectivity index is 2.21. The van der Waals surface area contributed by atoms with E-state index in [2.05, 4.69) is 4.72 Å². The third-order valence-electron chi connectivity index (χ3n) is 5.11. The fraction of sp³-hybridized carbons (Fsp3) is 0.526. The van der Waals surface area contributed by atoms with Crippen molar-refractivity contribution in [2.24, 2.45) is 5.41 Å². The van der Waals surface area contributed by atoms with E-state index in [9.17, 15) is 18.0 Å². The van der Waals surface area contributed by atoms with E-state index >= 15 is 0 Å². The maximum atomic E-state index is 12.8. The average Bonchev–Trinajstić information content (AvgIpc) is 2.59. The smallest absolute Gasteiger partial charge is 0.264 e. The molecule has 8 heteroatoms. The summed E-state index contributed by atoms with van der Waals surface area (Å²) >= 11 is 0. The van der Waals surface area contributed by atoms with E-state index in [0.717, 1.165) is 6.42 Å². The highest BCUT2D eigenvalue weighted by atomic mass is 32.2. The number of sulfonamides is 1. The zero-order chi connectivity index (χ0) is 20.5. The van der Waals surface area contributed by atoms with E-state index in [1.165, 1.54) is 29.2 Å². The lowest BCUT2D eigenvalue weighted by atomic mass is 9.79. The number of likely N-dealkylation sites (tertiary alicyclic amines) is 1. The molecule has 0 bridgehead atoms. The van der Waals surface area contributed by atoms with Crippen LogP contribution in [0.5, 0.6) is 0 Å². The summed E-state index contributed by atoms with van der Waals surface area (Å²) in [4.78, 5) is 26.9. The standard InChI is InChI=1S/C19H25N3O4S/c1-5-9-18(2,3)17(24)22-11-10-19(22,4)16(23)21-27(25,26)15-8-6-7-14(12-15)13-20/h6-8,12H,5,9-11H2,1-4H3,(H,21,23). The SMILES string of the molecule is CCCC(C)(C)C(=O)N1CCC1(C)C(=O)NS(=O)(=O)c1cccc(C#N)c1. The van der Waals surface area contributed by atoms with Gasteiger partial charge in [0.15, 0.2) is 0 Å². The van der Waals surface area contributed by atoms with Gasteiger partial charge in [-0.3, -0.25) is 9.59 Å². The van der Waals surface area contributed by atoms with Gasteiger partial charge in [-0.25, -0.2) is 13.1 Å². The van der Waals surface area contributed by atoms with Crippen LogP contribution in [0.1, 0.15) is 52.5 Å². The van der Waals surface area contributed by atoms with Crippen molar-refractivity contribution in [2.75, 3.05) is 6.54 Å². The maximum absolute atomic E-state index is 12.8. The number of hydrogen-bond acceptors (Lipinski definition) is 5. The predicted molar refractivity (Wildman–Crippen MR) is 99.9 cm³/mol. The monoisotopic (exact) mass is 391 g/mol. The van der Waals surface area contributed by atoms with Crippen LogP contribution in [0.25, 0.3) is 0 Å². The van der Waals surface area contributed by atoms with E-state index < -0.39 is 26.9 Å². The van der Waals surface area contributed by atoms with E-state index in [4.69, 9.17) is 5.26 Å². The van der Waals surface area contributed by atoms with Gasteiger partial charge in [-0.1, -0.05) is 33.3 Å². The molecule has 1 aliphatic rings. The van der Waals surface area contributed by atoms with Crippen LogP contribution in [0.4, 0.5) is 0 Å². The van der Waals surface area contributed by atoms with Gasteiger partial charge < -0.3 is 4.90 Å². The lowest BCUT2D eigenvalue weighted by Crippen LogP contribution is -2.69. The molecule has 1 unspecified atom stereocenters. The first-order valence-corrected chi connectivity index (χ1v) is 10.4. The van der Waals surface area contributed by atoms with Crippen LogP contribution in [0, 0.1) is 16.7 Å². The predicted octanol–water partition coefficient (Wildman–Crippen LogP) is 2.18. The van der Waals surface area contributed by atoms with Gasteiger partial charge in [-0.2, -0.15) is 5.26 Å². The molecular weight excluding hydrogens is 366 g/mol. The maximum Gasteiger partial charge on any atom is 0.264 e. The van der Waals surface area contributed by atoms with Crippen LogP contribution in [0.15, 0.2) is 29.2 Å². The highest BCUT2D eigenvalue weighted by Gasteiger charge is 2.52. The summed E-state index contributed by atoms with van der Waals surface area (Å²) in [5.74, 6) is -0.895. The summed E-state index contributed by atoms with van der Waals surface area (Å²) in [5.41, 5.74) is -1.64. The van der Waals surface area contributed by atoms with Crippen LogP contribution >= 0.6 is 0 Å². The zero-order valence-corrected chi connectivity index (χ0v) is 16.9. The van der Waals surface area contributed by atoms with Crippen LogP contribution in [0.3, 0.4) is 0 Å². The fourth-order valence-electron chi connectivity index (χ4n) is 3.24. The van der Waals surface area contributed by atoms with Gasteiger partial charge in [0.1, 0.15) is 5.54 Å². The Morgan fingerprint density at radius 1 is 1.37 bits per heavy atom. The van der Waals surface area contributed by atoms with Gasteiger partial charge in [-0.15, -0.1) is 0 Å². The normalized spacial score (nSPS) is 19.7. The molecule has 0 aliphatic carbocycles. The van der Waals surface area contributed by atoms with Gasteiger partial charge in [0.05, 0.1) is 16.5 Å². The topological polar surface area (TPSA) is 107 Å². The highest BCUT2D eigenvalue weighted by molar-refractivity contribution is 7.90. The summed E-state index contributed by atoms with van der Waals surface area (Å²) < 4.78 is 27.1. The number of amides is 2. The van der Waals surface area contributed by atoms with Gasteiger partial charge in [-0.05, 0) is 38.0 Å². The van der Waals surface area contributed by atoms with Crippen molar-refractivity contribution < 1.29 is 18.0 Å². The number of nitrogens with one attached hydrogen (secondary N) is 1. The minimum atomic E-state index is -4.13. The number of nitriles is 1. The Labute approximate surface area is 160 Å². The van der Waals surface area contributed by atoms with Crippen molar-refractivity contribution in [2.45, 2.75) is 57.4 Å². The Kier molecular flexibility index (Phi) is 5.66.